The van der Waals surface area contributed by atoms with E-state index in [0.29, 0.717) is 18.3 Å². The van der Waals surface area contributed by atoms with E-state index >= 15 is 0 Å². The molecular weight excluding hydrogens is 407 g/mol. The quantitative estimate of drug-likeness (QED) is 0.440. The second-order valence-corrected chi connectivity index (χ2v) is 6.24. The van der Waals surface area contributed by atoms with Gasteiger partial charge in [-0.2, -0.15) is 4.98 Å². The molecule has 2 aliphatic rings. The molecule has 2 aliphatic heterocycles. The molecule has 0 bridgehead atoms. The lowest BCUT2D eigenvalue weighted by atomic mass is 10.1. The molecule has 1 unspecified atom stereocenters. The van der Waals surface area contributed by atoms with E-state index in [1.54, 1.807) is 6.92 Å². The van der Waals surface area contributed by atoms with Gasteiger partial charge in [0.05, 0.1) is 6.54 Å². The standard InChI is InChI=1S/C15H26N6O.HI/c1-12-18-14(19-22-12)9-17-15(16-2)21-8-5-13(11-21)10-20-6-3-4-7-20;/h13H,3-11H2,1-2H3,(H,16,17);1H. The van der Waals surface area contributed by atoms with Crippen LogP contribution in [0.2, 0.25) is 0 Å². The van der Waals surface area contributed by atoms with Crippen molar-refractivity contribution in [2.24, 2.45) is 10.9 Å². The number of nitrogens with zero attached hydrogens (tertiary/aromatic N) is 5. The second kappa shape index (κ2) is 8.81. The summed E-state index contributed by atoms with van der Waals surface area (Å²) in [5.41, 5.74) is 0. The van der Waals surface area contributed by atoms with Crippen LogP contribution in [0.15, 0.2) is 9.52 Å². The van der Waals surface area contributed by atoms with Crippen molar-refractivity contribution in [1.29, 1.82) is 0 Å². The van der Waals surface area contributed by atoms with Gasteiger partial charge in [-0.1, -0.05) is 5.16 Å². The molecule has 0 aliphatic carbocycles. The monoisotopic (exact) mass is 434 g/mol. The zero-order valence-corrected chi connectivity index (χ0v) is 16.3. The van der Waals surface area contributed by atoms with Crippen molar-refractivity contribution < 1.29 is 4.52 Å². The summed E-state index contributed by atoms with van der Waals surface area (Å²) in [5, 5.41) is 7.24. The van der Waals surface area contributed by atoms with Crippen LogP contribution >= 0.6 is 24.0 Å². The number of hydrogen-bond donors (Lipinski definition) is 1. The molecule has 0 spiro atoms. The van der Waals surface area contributed by atoms with Crippen LogP contribution in [0.4, 0.5) is 0 Å². The first-order valence-electron chi connectivity index (χ1n) is 8.21. The molecule has 0 aromatic carbocycles. The Labute approximate surface area is 154 Å². The Morgan fingerprint density at radius 2 is 2.13 bits per heavy atom. The Kier molecular flexibility index (Phi) is 7.07. The second-order valence-electron chi connectivity index (χ2n) is 6.24. The molecule has 0 amide bonds. The third kappa shape index (κ3) is 5.03. The number of hydrogen-bond acceptors (Lipinski definition) is 5. The van der Waals surface area contributed by atoms with Crippen molar-refractivity contribution in [1.82, 2.24) is 25.3 Å². The number of guanidine groups is 1. The van der Waals surface area contributed by atoms with Gasteiger partial charge in [-0.15, -0.1) is 24.0 Å². The Balaban J connectivity index is 0.00000192. The molecule has 130 valence electrons. The van der Waals surface area contributed by atoms with Crippen LogP contribution in [0.25, 0.3) is 0 Å². The van der Waals surface area contributed by atoms with E-state index < -0.39 is 0 Å². The minimum Gasteiger partial charge on any atom is -0.349 e. The summed E-state index contributed by atoms with van der Waals surface area (Å²) in [5.74, 6) is 2.96. The molecule has 1 N–H and O–H groups in total. The number of likely N-dealkylation sites (tertiary alicyclic amines) is 2. The highest BCUT2D eigenvalue weighted by Gasteiger charge is 2.27. The van der Waals surface area contributed by atoms with E-state index in [1.165, 1.54) is 38.9 Å². The molecule has 2 saturated heterocycles. The number of halogens is 1. The third-order valence-corrected chi connectivity index (χ3v) is 4.49. The minimum atomic E-state index is 0. The van der Waals surface area contributed by atoms with Gasteiger partial charge in [-0.05, 0) is 38.3 Å². The summed E-state index contributed by atoms with van der Waals surface area (Å²) in [6.45, 7) is 8.30. The van der Waals surface area contributed by atoms with E-state index in [4.69, 9.17) is 4.52 Å². The van der Waals surface area contributed by atoms with Crippen LogP contribution in [-0.2, 0) is 6.54 Å². The number of aliphatic imine (C=N–C) groups is 1. The van der Waals surface area contributed by atoms with Crippen molar-refractivity contribution in [3.05, 3.63) is 11.7 Å². The molecule has 8 heteroatoms. The van der Waals surface area contributed by atoms with Crippen LogP contribution < -0.4 is 5.32 Å². The summed E-state index contributed by atoms with van der Waals surface area (Å²) < 4.78 is 4.99. The first kappa shape index (κ1) is 18.4. The van der Waals surface area contributed by atoms with Crippen molar-refractivity contribution in [3.63, 3.8) is 0 Å². The highest BCUT2D eigenvalue weighted by atomic mass is 127. The molecular formula is C15H27IN6O. The van der Waals surface area contributed by atoms with Crippen LogP contribution in [0.3, 0.4) is 0 Å². The van der Waals surface area contributed by atoms with Crippen LogP contribution in [0.1, 0.15) is 31.0 Å². The van der Waals surface area contributed by atoms with Gasteiger partial charge in [0.2, 0.25) is 5.89 Å². The van der Waals surface area contributed by atoms with Gasteiger partial charge in [0, 0.05) is 33.6 Å². The summed E-state index contributed by atoms with van der Waals surface area (Å²) in [6.07, 6.45) is 3.98. The van der Waals surface area contributed by atoms with E-state index in [-0.39, 0.29) is 24.0 Å². The maximum Gasteiger partial charge on any atom is 0.223 e. The summed E-state index contributed by atoms with van der Waals surface area (Å²) >= 11 is 0. The lowest BCUT2D eigenvalue weighted by molar-refractivity contribution is 0.281. The van der Waals surface area contributed by atoms with E-state index in [0.717, 1.165) is 25.0 Å². The van der Waals surface area contributed by atoms with Gasteiger partial charge >= 0.3 is 0 Å². The molecule has 3 heterocycles. The Bertz CT molecular complexity index is 514. The van der Waals surface area contributed by atoms with Gasteiger partial charge in [-0.3, -0.25) is 4.99 Å². The van der Waals surface area contributed by atoms with Crippen molar-refractivity contribution in [3.8, 4) is 0 Å². The maximum absolute atomic E-state index is 4.99. The van der Waals surface area contributed by atoms with Gasteiger partial charge in [0.25, 0.3) is 0 Å². The minimum absolute atomic E-state index is 0. The van der Waals surface area contributed by atoms with Crippen LogP contribution in [0.5, 0.6) is 0 Å². The lowest BCUT2D eigenvalue weighted by Crippen LogP contribution is -2.40. The molecule has 1 aromatic rings. The summed E-state index contributed by atoms with van der Waals surface area (Å²) in [4.78, 5) is 13.5. The number of aromatic nitrogens is 2. The first-order chi connectivity index (χ1) is 10.7. The molecule has 0 saturated carbocycles. The third-order valence-electron chi connectivity index (χ3n) is 4.49. The van der Waals surface area contributed by atoms with Gasteiger partial charge < -0.3 is 19.6 Å². The molecule has 0 radical (unpaired) electrons. The Morgan fingerprint density at radius 1 is 1.35 bits per heavy atom. The zero-order chi connectivity index (χ0) is 15.4. The summed E-state index contributed by atoms with van der Waals surface area (Å²) in [7, 11) is 1.83. The smallest absolute Gasteiger partial charge is 0.223 e. The molecule has 1 atom stereocenters. The molecule has 2 fully saturated rings. The van der Waals surface area contributed by atoms with Crippen LogP contribution in [-0.4, -0.2) is 65.7 Å². The number of nitrogens with one attached hydrogen (secondary N) is 1. The zero-order valence-electron chi connectivity index (χ0n) is 14.0. The lowest BCUT2D eigenvalue weighted by Gasteiger charge is -2.23. The fourth-order valence-electron chi connectivity index (χ4n) is 3.41. The predicted molar refractivity (Wildman–Crippen MR) is 100 cm³/mol. The summed E-state index contributed by atoms with van der Waals surface area (Å²) in [6, 6.07) is 0. The Hall–Kier alpha value is -0.900. The van der Waals surface area contributed by atoms with E-state index in [2.05, 4.69) is 30.2 Å². The fraction of sp³-hybridized carbons (Fsp3) is 0.800. The van der Waals surface area contributed by atoms with Crippen LogP contribution in [0, 0.1) is 12.8 Å². The largest absolute Gasteiger partial charge is 0.349 e. The van der Waals surface area contributed by atoms with Crippen molar-refractivity contribution in [2.45, 2.75) is 32.7 Å². The molecule has 23 heavy (non-hydrogen) atoms. The predicted octanol–water partition coefficient (Wildman–Crippen LogP) is 1.49. The van der Waals surface area contributed by atoms with Crippen molar-refractivity contribution >= 4 is 29.9 Å². The highest BCUT2D eigenvalue weighted by molar-refractivity contribution is 14.0. The molecule has 3 rings (SSSR count). The molecule has 1 aromatic heterocycles. The van der Waals surface area contributed by atoms with Gasteiger partial charge in [-0.25, -0.2) is 0 Å². The van der Waals surface area contributed by atoms with Gasteiger partial charge in [0.15, 0.2) is 11.8 Å². The SMILES string of the molecule is CN=C(NCc1noc(C)n1)N1CCC(CN2CCCC2)C1.I. The topological polar surface area (TPSA) is 69.8 Å². The fourth-order valence-corrected chi connectivity index (χ4v) is 3.41. The molecule has 7 nitrogen and oxygen atoms in total. The Morgan fingerprint density at radius 3 is 2.78 bits per heavy atom. The maximum atomic E-state index is 4.99. The number of rotatable bonds is 4. The normalized spacial score (nSPS) is 22.4. The average molecular weight is 434 g/mol. The first-order valence-corrected chi connectivity index (χ1v) is 8.21. The highest BCUT2D eigenvalue weighted by Crippen LogP contribution is 2.20. The van der Waals surface area contributed by atoms with E-state index in [1.807, 2.05) is 7.05 Å². The van der Waals surface area contributed by atoms with Gasteiger partial charge in [0.1, 0.15) is 0 Å². The average Bonchev–Trinajstić information content (AvgIpc) is 3.24. The van der Waals surface area contributed by atoms with E-state index in [9.17, 15) is 0 Å². The van der Waals surface area contributed by atoms with Crippen molar-refractivity contribution in [2.75, 3.05) is 39.8 Å². The number of aryl methyl sites for hydroxylation is 1.